The van der Waals surface area contributed by atoms with E-state index in [-0.39, 0.29) is 0 Å². The molecule has 158 valence electrons. The molecule has 0 aliphatic carbocycles. The SMILES string of the molecule is COc1cc(-c2ccc(OC(C)F)cc2)ccc1C(O)(c1cncnc1)C(C)(C)C. The Hall–Kier alpha value is -2.99. The molecule has 0 spiro atoms. The highest BCUT2D eigenvalue weighted by Crippen LogP contribution is 2.48. The van der Waals surface area contributed by atoms with Crippen molar-refractivity contribution in [3.63, 3.8) is 0 Å². The second-order valence-corrected chi connectivity index (χ2v) is 8.19. The summed E-state index contributed by atoms with van der Waals surface area (Å²) in [5, 5.41) is 11.9. The van der Waals surface area contributed by atoms with Gasteiger partial charge in [0.15, 0.2) is 0 Å². The topological polar surface area (TPSA) is 64.5 Å². The maximum atomic E-state index is 13.0. The first-order chi connectivity index (χ1) is 14.2. The van der Waals surface area contributed by atoms with Crippen molar-refractivity contribution in [1.82, 2.24) is 9.97 Å². The van der Waals surface area contributed by atoms with E-state index in [2.05, 4.69) is 9.97 Å². The molecule has 6 heteroatoms. The van der Waals surface area contributed by atoms with Crippen LogP contribution in [0.15, 0.2) is 61.2 Å². The second kappa shape index (κ2) is 8.40. The summed E-state index contributed by atoms with van der Waals surface area (Å²) in [7, 11) is 1.58. The van der Waals surface area contributed by atoms with Crippen LogP contribution in [-0.4, -0.2) is 28.5 Å². The Kier molecular flexibility index (Phi) is 6.08. The van der Waals surface area contributed by atoms with Gasteiger partial charge in [0.05, 0.1) is 7.11 Å². The van der Waals surface area contributed by atoms with Crippen LogP contribution < -0.4 is 9.47 Å². The van der Waals surface area contributed by atoms with Crippen molar-refractivity contribution in [2.24, 2.45) is 5.41 Å². The van der Waals surface area contributed by atoms with Crippen LogP contribution in [0.1, 0.15) is 38.8 Å². The minimum atomic E-state index is -1.37. The monoisotopic (exact) mass is 410 g/mol. The summed E-state index contributed by atoms with van der Waals surface area (Å²) in [4.78, 5) is 8.18. The molecule has 0 bridgehead atoms. The molecule has 0 aliphatic rings. The zero-order valence-electron chi connectivity index (χ0n) is 17.9. The molecular formula is C24H27FN2O3. The highest BCUT2D eigenvalue weighted by molar-refractivity contribution is 5.67. The Morgan fingerprint density at radius 2 is 1.57 bits per heavy atom. The lowest BCUT2D eigenvalue weighted by atomic mass is 9.68. The Balaban J connectivity index is 2.07. The van der Waals surface area contributed by atoms with E-state index in [1.807, 2.05) is 51.1 Å². The molecule has 2 atom stereocenters. The van der Waals surface area contributed by atoms with Gasteiger partial charge in [-0.25, -0.2) is 14.4 Å². The van der Waals surface area contributed by atoms with Gasteiger partial charge in [0.2, 0.25) is 6.36 Å². The first kappa shape index (κ1) is 21.7. The second-order valence-electron chi connectivity index (χ2n) is 8.19. The van der Waals surface area contributed by atoms with Crippen LogP contribution >= 0.6 is 0 Å². The summed E-state index contributed by atoms with van der Waals surface area (Å²) >= 11 is 0. The van der Waals surface area contributed by atoms with Crippen molar-refractivity contribution < 1.29 is 19.0 Å². The number of aliphatic hydroxyl groups is 1. The summed E-state index contributed by atoms with van der Waals surface area (Å²) < 4.78 is 23.8. The number of methoxy groups -OCH3 is 1. The standard InChI is InChI=1S/C24H27FN2O3/c1-16(25)30-20-9-6-17(7-10-20)18-8-11-21(22(12-18)29-5)24(28,23(2,3)4)19-13-26-15-27-14-19/h6-16,28H,1-5H3. The molecule has 3 aromatic rings. The first-order valence-corrected chi connectivity index (χ1v) is 9.74. The molecule has 0 amide bonds. The van der Waals surface area contributed by atoms with Gasteiger partial charge in [0.1, 0.15) is 23.4 Å². The lowest BCUT2D eigenvalue weighted by molar-refractivity contribution is -0.0281. The van der Waals surface area contributed by atoms with Crippen LogP contribution in [-0.2, 0) is 5.60 Å². The van der Waals surface area contributed by atoms with Gasteiger partial charge in [0, 0.05) is 30.4 Å². The molecule has 30 heavy (non-hydrogen) atoms. The number of halogens is 1. The Bertz CT molecular complexity index is 986. The van der Waals surface area contributed by atoms with E-state index < -0.39 is 17.4 Å². The first-order valence-electron chi connectivity index (χ1n) is 9.74. The maximum Gasteiger partial charge on any atom is 0.235 e. The van der Waals surface area contributed by atoms with Crippen molar-refractivity contribution in [3.8, 4) is 22.6 Å². The zero-order valence-corrected chi connectivity index (χ0v) is 17.9. The van der Waals surface area contributed by atoms with Gasteiger partial charge in [0.25, 0.3) is 0 Å². The van der Waals surface area contributed by atoms with E-state index in [0.717, 1.165) is 11.1 Å². The molecule has 2 unspecified atom stereocenters. The molecule has 0 saturated carbocycles. The van der Waals surface area contributed by atoms with Crippen LogP contribution in [0.3, 0.4) is 0 Å². The summed E-state index contributed by atoms with van der Waals surface area (Å²) in [5.74, 6) is 1.01. The lowest BCUT2D eigenvalue weighted by Crippen LogP contribution is -2.41. The maximum absolute atomic E-state index is 13.0. The third kappa shape index (κ3) is 4.14. The average molecular weight is 410 g/mol. The Labute approximate surface area is 176 Å². The molecule has 3 rings (SSSR count). The van der Waals surface area contributed by atoms with E-state index in [4.69, 9.17) is 9.47 Å². The predicted molar refractivity (Wildman–Crippen MR) is 114 cm³/mol. The van der Waals surface area contributed by atoms with Gasteiger partial charge in [-0.3, -0.25) is 0 Å². The summed E-state index contributed by atoms with van der Waals surface area (Å²) in [6.07, 6.45) is 3.31. The van der Waals surface area contributed by atoms with Gasteiger partial charge in [-0.05, 0) is 34.7 Å². The van der Waals surface area contributed by atoms with Crippen LogP contribution in [0.2, 0.25) is 0 Å². The lowest BCUT2D eigenvalue weighted by Gasteiger charge is -2.41. The number of benzene rings is 2. The van der Waals surface area contributed by atoms with Crippen molar-refractivity contribution in [2.45, 2.75) is 39.7 Å². The summed E-state index contributed by atoms with van der Waals surface area (Å²) in [6.45, 7) is 7.21. The zero-order chi connectivity index (χ0) is 21.9. The fourth-order valence-corrected chi connectivity index (χ4v) is 3.56. The Morgan fingerprint density at radius 3 is 2.10 bits per heavy atom. The predicted octanol–water partition coefficient (Wildman–Crippen LogP) is 5.13. The number of ether oxygens (including phenoxy) is 2. The molecule has 2 aromatic carbocycles. The molecule has 1 aromatic heterocycles. The molecule has 5 nitrogen and oxygen atoms in total. The fourth-order valence-electron chi connectivity index (χ4n) is 3.56. The van der Waals surface area contributed by atoms with E-state index in [1.54, 1.807) is 31.6 Å². The van der Waals surface area contributed by atoms with Gasteiger partial charge in [-0.1, -0.05) is 45.0 Å². The van der Waals surface area contributed by atoms with Crippen molar-refractivity contribution in [2.75, 3.05) is 7.11 Å². The highest BCUT2D eigenvalue weighted by Gasteiger charge is 2.45. The minimum absolute atomic E-state index is 0.462. The molecule has 0 fully saturated rings. The number of nitrogens with zero attached hydrogens (tertiary/aromatic N) is 2. The third-order valence-corrected chi connectivity index (χ3v) is 5.14. The van der Waals surface area contributed by atoms with Gasteiger partial charge in [-0.2, -0.15) is 0 Å². The highest BCUT2D eigenvalue weighted by atomic mass is 19.1. The van der Waals surface area contributed by atoms with Crippen LogP contribution in [0.4, 0.5) is 4.39 Å². The normalized spacial score (nSPS) is 14.6. The number of rotatable bonds is 6. The van der Waals surface area contributed by atoms with Gasteiger partial charge < -0.3 is 14.6 Å². The number of hydrogen-bond donors (Lipinski definition) is 1. The number of aromatic nitrogens is 2. The molecular weight excluding hydrogens is 383 g/mol. The van der Waals surface area contributed by atoms with E-state index >= 15 is 0 Å². The summed E-state index contributed by atoms with van der Waals surface area (Å²) in [6, 6.07) is 12.8. The molecule has 1 N–H and O–H groups in total. The third-order valence-electron chi connectivity index (χ3n) is 5.14. The largest absolute Gasteiger partial charge is 0.496 e. The molecule has 1 heterocycles. The van der Waals surface area contributed by atoms with Crippen molar-refractivity contribution >= 4 is 0 Å². The van der Waals surface area contributed by atoms with E-state index in [0.29, 0.717) is 22.6 Å². The van der Waals surface area contributed by atoms with E-state index in [1.165, 1.54) is 13.3 Å². The Morgan fingerprint density at radius 1 is 0.967 bits per heavy atom. The molecule has 0 saturated heterocycles. The van der Waals surface area contributed by atoms with Crippen LogP contribution in [0.25, 0.3) is 11.1 Å². The smallest absolute Gasteiger partial charge is 0.235 e. The molecule has 0 radical (unpaired) electrons. The molecule has 0 aliphatic heterocycles. The summed E-state index contributed by atoms with van der Waals surface area (Å²) in [5.41, 5.74) is 1.10. The van der Waals surface area contributed by atoms with Crippen molar-refractivity contribution in [3.05, 3.63) is 72.3 Å². The fraction of sp³-hybridized carbons (Fsp3) is 0.333. The van der Waals surface area contributed by atoms with Crippen LogP contribution in [0.5, 0.6) is 11.5 Å². The average Bonchev–Trinajstić information content (AvgIpc) is 2.72. The number of hydrogen-bond acceptors (Lipinski definition) is 5. The van der Waals surface area contributed by atoms with Gasteiger partial charge >= 0.3 is 0 Å². The van der Waals surface area contributed by atoms with E-state index in [9.17, 15) is 9.50 Å². The van der Waals surface area contributed by atoms with Gasteiger partial charge in [-0.15, -0.1) is 0 Å². The number of alkyl halides is 1. The van der Waals surface area contributed by atoms with Crippen molar-refractivity contribution in [1.29, 1.82) is 0 Å². The quantitative estimate of drug-likeness (QED) is 0.610. The minimum Gasteiger partial charge on any atom is -0.496 e. The van der Waals surface area contributed by atoms with Crippen LogP contribution in [0, 0.1) is 5.41 Å².